The zero-order chi connectivity index (χ0) is 17.6. The maximum atomic E-state index is 12.8. The molecule has 0 unspecified atom stereocenters. The summed E-state index contributed by atoms with van der Waals surface area (Å²) in [6.45, 7) is 3.43. The van der Waals surface area contributed by atoms with Crippen molar-refractivity contribution in [3.05, 3.63) is 23.8 Å². The first kappa shape index (κ1) is 16.1. The average Bonchev–Trinajstić information content (AvgIpc) is 3.36. The molecule has 1 aromatic rings. The number of anilines is 1. The monoisotopic (exact) mass is 342 g/mol. The summed E-state index contributed by atoms with van der Waals surface area (Å²) in [5.74, 6) is 1.37. The van der Waals surface area contributed by atoms with E-state index in [4.69, 9.17) is 4.74 Å². The lowest BCUT2D eigenvalue weighted by atomic mass is 9.88. The van der Waals surface area contributed by atoms with Crippen LogP contribution in [-0.2, 0) is 9.59 Å². The molecule has 132 valence electrons. The second kappa shape index (κ2) is 6.17. The van der Waals surface area contributed by atoms with Gasteiger partial charge in [-0.25, -0.2) is 0 Å². The van der Waals surface area contributed by atoms with E-state index >= 15 is 0 Å². The smallest absolute Gasteiger partial charge is 0.262 e. The van der Waals surface area contributed by atoms with Gasteiger partial charge in [0.25, 0.3) is 5.91 Å². The molecule has 1 N–H and O–H groups in total. The van der Waals surface area contributed by atoms with Crippen LogP contribution >= 0.6 is 0 Å². The lowest BCUT2D eigenvalue weighted by Gasteiger charge is -2.31. The molecule has 6 heteroatoms. The molecule has 2 amide bonds. The highest BCUT2D eigenvalue weighted by Crippen LogP contribution is 2.40. The van der Waals surface area contributed by atoms with Crippen LogP contribution in [0.15, 0.2) is 18.2 Å². The number of ketones is 1. The Kier molecular flexibility index (Phi) is 3.98. The molecule has 2 atom stereocenters. The van der Waals surface area contributed by atoms with Crippen molar-refractivity contribution in [3.8, 4) is 5.75 Å². The predicted molar refractivity (Wildman–Crippen MR) is 91.5 cm³/mol. The summed E-state index contributed by atoms with van der Waals surface area (Å²) < 4.78 is 5.33. The Hall–Kier alpha value is -2.37. The first-order valence-electron chi connectivity index (χ1n) is 8.92. The molecule has 2 aliphatic heterocycles. The van der Waals surface area contributed by atoms with Crippen LogP contribution in [0.3, 0.4) is 0 Å². The van der Waals surface area contributed by atoms with Gasteiger partial charge in [0.05, 0.1) is 5.69 Å². The van der Waals surface area contributed by atoms with Crippen molar-refractivity contribution >= 4 is 23.3 Å². The normalized spacial score (nSPS) is 25.6. The molecule has 25 heavy (non-hydrogen) atoms. The van der Waals surface area contributed by atoms with Crippen molar-refractivity contribution in [1.82, 2.24) is 4.90 Å². The van der Waals surface area contributed by atoms with Gasteiger partial charge in [-0.15, -0.1) is 0 Å². The minimum absolute atomic E-state index is 0.00634. The maximum Gasteiger partial charge on any atom is 0.262 e. The Morgan fingerprint density at radius 1 is 1.24 bits per heavy atom. The number of nitrogens with zero attached hydrogens (tertiary/aromatic N) is 1. The second-order valence-electron chi connectivity index (χ2n) is 7.33. The molecule has 4 rings (SSSR count). The average molecular weight is 342 g/mol. The number of rotatable bonds is 3. The third kappa shape index (κ3) is 3.13. The zero-order valence-corrected chi connectivity index (χ0v) is 14.3. The number of hydrogen-bond donors (Lipinski definition) is 1. The molecule has 6 nitrogen and oxygen atoms in total. The van der Waals surface area contributed by atoms with Gasteiger partial charge in [0.2, 0.25) is 5.91 Å². The number of ether oxygens (including phenoxy) is 1. The van der Waals surface area contributed by atoms with Crippen LogP contribution in [0.1, 0.15) is 36.5 Å². The summed E-state index contributed by atoms with van der Waals surface area (Å²) in [7, 11) is 0. The lowest BCUT2D eigenvalue weighted by Crippen LogP contribution is -2.41. The van der Waals surface area contributed by atoms with Crippen molar-refractivity contribution in [2.24, 2.45) is 17.8 Å². The van der Waals surface area contributed by atoms with Gasteiger partial charge in [-0.05, 0) is 43.4 Å². The van der Waals surface area contributed by atoms with E-state index in [0.29, 0.717) is 48.8 Å². The van der Waals surface area contributed by atoms with E-state index in [2.05, 4.69) is 12.2 Å². The molecule has 1 saturated carbocycles. The molecule has 2 heterocycles. The number of Topliss-reactive ketones (excluding diaryl/α,β-unsaturated/α-hetero) is 1. The summed E-state index contributed by atoms with van der Waals surface area (Å²) in [5.41, 5.74) is 1.14. The Morgan fingerprint density at radius 2 is 1.96 bits per heavy atom. The molecular formula is C19H22N2O4. The van der Waals surface area contributed by atoms with E-state index in [0.717, 1.165) is 6.42 Å². The third-order valence-corrected chi connectivity index (χ3v) is 5.50. The summed E-state index contributed by atoms with van der Waals surface area (Å²) in [6, 6.07) is 5.18. The fourth-order valence-electron chi connectivity index (χ4n) is 3.73. The highest BCUT2D eigenvalue weighted by Gasteiger charge is 2.42. The SMILES string of the molecule is C[C@@H]1C[C@@H]1C(=O)N1CCC(C(=O)c2ccc3c(c2)NC(=O)CO3)CC1. The molecule has 2 fully saturated rings. The lowest BCUT2D eigenvalue weighted by molar-refractivity contribution is -0.134. The summed E-state index contributed by atoms with van der Waals surface area (Å²) >= 11 is 0. The van der Waals surface area contributed by atoms with Gasteiger partial charge in [0.15, 0.2) is 12.4 Å². The standard InChI is InChI=1S/C19H22N2O4/c1-11-8-14(11)19(24)21-6-4-12(5-7-21)18(23)13-2-3-16-15(9-13)20-17(22)10-25-16/h2-3,9,11-12,14H,4-8,10H2,1H3,(H,20,22)/t11-,14+/m1/s1. The molecule has 3 aliphatic rings. The van der Waals surface area contributed by atoms with E-state index in [9.17, 15) is 14.4 Å². The molecule has 0 aromatic heterocycles. The summed E-state index contributed by atoms with van der Waals surface area (Å²) in [5, 5.41) is 2.73. The van der Waals surface area contributed by atoms with Crippen LogP contribution in [-0.4, -0.2) is 42.2 Å². The number of hydrogen-bond acceptors (Lipinski definition) is 4. The number of carbonyl (C=O) groups excluding carboxylic acids is 3. The molecular weight excluding hydrogens is 320 g/mol. The van der Waals surface area contributed by atoms with Gasteiger partial charge >= 0.3 is 0 Å². The number of carbonyl (C=O) groups is 3. The van der Waals surface area contributed by atoms with E-state index in [1.807, 2.05) is 4.90 Å². The third-order valence-electron chi connectivity index (χ3n) is 5.50. The van der Waals surface area contributed by atoms with Crippen molar-refractivity contribution < 1.29 is 19.1 Å². The first-order chi connectivity index (χ1) is 12.0. The van der Waals surface area contributed by atoms with Crippen LogP contribution in [0.25, 0.3) is 0 Å². The van der Waals surface area contributed by atoms with E-state index in [1.165, 1.54) is 0 Å². The van der Waals surface area contributed by atoms with E-state index in [1.54, 1.807) is 18.2 Å². The topological polar surface area (TPSA) is 75.7 Å². The maximum absolute atomic E-state index is 12.8. The van der Waals surface area contributed by atoms with Crippen LogP contribution in [0.2, 0.25) is 0 Å². The number of benzene rings is 1. The van der Waals surface area contributed by atoms with Gasteiger partial charge in [0, 0.05) is 30.5 Å². The highest BCUT2D eigenvalue weighted by molar-refractivity contribution is 6.01. The number of nitrogens with one attached hydrogen (secondary N) is 1. The van der Waals surface area contributed by atoms with Crippen molar-refractivity contribution in [1.29, 1.82) is 0 Å². The Balaban J connectivity index is 1.40. The molecule has 1 aromatic carbocycles. The van der Waals surface area contributed by atoms with Crippen LogP contribution in [0, 0.1) is 17.8 Å². The second-order valence-corrected chi connectivity index (χ2v) is 7.33. The molecule has 1 aliphatic carbocycles. The number of amides is 2. The Bertz CT molecular complexity index is 737. The van der Waals surface area contributed by atoms with Crippen molar-refractivity contribution in [3.63, 3.8) is 0 Å². The van der Waals surface area contributed by atoms with Gasteiger partial charge < -0.3 is 15.0 Å². The quantitative estimate of drug-likeness (QED) is 0.854. The van der Waals surface area contributed by atoms with Crippen LogP contribution in [0.5, 0.6) is 5.75 Å². The number of likely N-dealkylation sites (tertiary alicyclic amines) is 1. The molecule has 0 spiro atoms. The predicted octanol–water partition coefficient (Wildman–Crippen LogP) is 2.09. The number of piperidine rings is 1. The summed E-state index contributed by atoms with van der Waals surface area (Å²) in [4.78, 5) is 38.4. The Morgan fingerprint density at radius 3 is 2.64 bits per heavy atom. The molecule has 0 bridgehead atoms. The van der Waals surface area contributed by atoms with Gasteiger partial charge in [0.1, 0.15) is 5.75 Å². The highest BCUT2D eigenvalue weighted by atomic mass is 16.5. The fourth-order valence-corrected chi connectivity index (χ4v) is 3.73. The first-order valence-corrected chi connectivity index (χ1v) is 8.92. The van der Waals surface area contributed by atoms with Gasteiger partial charge in [-0.3, -0.25) is 14.4 Å². The van der Waals surface area contributed by atoms with Crippen LogP contribution < -0.4 is 10.1 Å². The van der Waals surface area contributed by atoms with E-state index < -0.39 is 0 Å². The minimum Gasteiger partial charge on any atom is -0.482 e. The van der Waals surface area contributed by atoms with Crippen molar-refractivity contribution in [2.75, 3.05) is 25.0 Å². The van der Waals surface area contributed by atoms with E-state index in [-0.39, 0.29) is 36.0 Å². The van der Waals surface area contributed by atoms with Gasteiger partial charge in [-0.1, -0.05) is 6.92 Å². The summed E-state index contributed by atoms with van der Waals surface area (Å²) in [6.07, 6.45) is 2.40. The van der Waals surface area contributed by atoms with Gasteiger partial charge in [-0.2, -0.15) is 0 Å². The molecule has 1 saturated heterocycles. The number of fused-ring (bicyclic) bond motifs is 1. The van der Waals surface area contributed by atoms with Crippen molar-refractivity contribution in [2.45, 2.75) is 26.2 Å². The van der Waals surface area contributed by atoms with Crippen LogP contribution in [0.4, 0.5) is 5.69 Å². The largest absolute Gasteiger partial charge is 0.482 e. The molecule has 0 radical (unpaired) electrons. The minimum atomic E-state index is -0.210. The Labute approximate surface area is 146 Å². The fraction of sp³-hybridized carbons (Fsp3) is 0.526. The zero-order valence-electron chi connectivity index (χ0n) is 14.3.